The third-order valence-corrected chi connectivity index (χ3v) is 3.25. The van der Waals surface area contributed by atoms with E-state index in [-0.39, 0.29) is 11.4 Å². The predicted octanol–water partition coefficient (Wildman–Crippen LogP) is 2.09. The van der Waals surface area contributed by atoms with E-state index >= 15 is 0 Å². The smallest absolute Gasteiger partial charge is 0.337 e. The van der Waals surface area contributed by atoms with Crippen molar-refractivity contribution < 1.29 is 14.6 Å². The largest absolute Gasteiger partial charge is 0.465 e. The minimum absolute atomic E-state index is 0.156. The van der Waals surface area contributed by atoms with Crippen molar-refractivity contribution in [1.82, 2.24) is 0 Å². The van der Waals surface area contributed by atoms with Gasteiger partial charge in [-0.25, -0.2) is 4.79 Å². The first-order valence-electron chi connectivity index (χ1n) is 5.35. The van der Waals surface area contributed by atoms with Crippen LogP contribution in [0.1, 0.15) is 41.4 Å². The van der Waals surface area contributed by atoms with Gasteiger partial charge in [0, 0.05) is 0 Å². The zero-order chi connectivity index (χ0) is 11.9. The number of hydrogen-bond donors (Lipinski definition) is 1. The Morgan fingerprint density at radius 2 is 2.19 bits per heavy atom. The maximum atomic E-state index is 11.4. The number of fused-ring (bicyclic) bond motifs is 1. The Labute approximate surface area is 95.0 Å². The summed E-state index contributed by atoms with van der Waals surface area (Å²) in [5.41, 5.74) is 2.31. The van der Waals surface area contributed by atoms with Crippen LogP contribution in [0.2, 0.25) is 0 Å². The van der Waals surface area contributed by atoms with E-state index in [1.54, 1.807) is 12.1 Å². The van der Waals surface area contributed by atoms with Gasteiger partial charge in [0.1, 0.15) is 0 Å². The van der Waals surface area contributed by atoms with Crippen molar-refractivity contribution in [3.63, 3.8) is 0 Å². The molecule has 0 unspecified atom stereocenters. The third kappa shape index (κ3) is 1.61. The van der Waals surface area contributed by atoms with Gasteiger partial charge >= 0.3 is 5.97 Å². The number of carbonyl (C=O) groups excluding carboxylic acids is 1. The van der Waals surface area contributed by atoms with Crippen LogP contribution in [0.25, 0.3) is 0 Å². The Morgan fingerprint density at radius 3 is 2.81 bits per heavy atom. The lowest BCUT2D eigenvalue weighted by atomic mass is 9.87. The molecule has 2 rings (SSSR count). The molecule has 1 aliphatic rings. The summed E-state index contributed by atoms with van der Waals surface area (Å²) in [6.45, 7) is 4.05. The summed E-state index contributed by atoms with van der Waals surface area (Å²) in [7, 11) is 1.36. The molecule has 0 amide bonds. The number of methoxy groups -OCH3 is 1. The molecule has 3 heteroatoms. The molecule has 1 aromatic carbocycles. The van der Waals surface area contributed by atoms with Crippen molar-refractivity contribution in [3.8, 4) is 0 Å². The fourth-order valence-electron chi connectivity index (χ4n) is 2.26. The van der Waals surface area contributed by atoms with Crippen molar-refractivity contribution in [2.45, 2.75) is 26.4 Å². The molecule has 0 aliphatic heterocycles. The zero-order valence-corrected chi connectivity index (χ0v) is 9.78. The van der Waals surface area contributed by atoms with Crippen molar-refractivity contribution in [3.05, 3.63) is 34.9 Å². The van der Waals surface area contributed by atoms with Crippen LogP contribution in [0.3, 0.4) is 0 Å². The van der Waals surface area contributed by atoms with E-state index < -0.39 is 6.10 Å². The van der Waals surface area contributed by atoms with Crippen molar-refractivity contribution >= 4 is 5.97 Å². The summed E-state index contributed by atoms with van der Waals surface area (Å²) in [5, 5.41) is 10.1. The number of rotatable bonds is 1. The van der Waals surface area contributed by atoms with E-state index in [4.69, 9.17) is 0 Å². The van der Waals surface area contributed by atoms with Crippen LogP contribution in [-0.2, 0) is 11.2 Å². The molecule has 0 saturated heterocycles. The highest BCUT2D eigenvalue weighted by Crippen LogP contribution is 2.45. The van der Waals surface area contributed by atoms with Crippen molar-refractivity contribution in [2.24, 2.45) is 5.41 Å². The topological polar surface area (TPSA) is 46.5 Å². The number of aliphatic hydroxyl groups is 1. The minimum atomic E-state index is -0.507. The molecule has 0 spiro atoms. The average molecular weight is 220 g/mol. The fourth-order valence-corrected chi connectivity index (χ4v) is 2.26. The second kappa shape index (κ2) is 3.59. The molecule has 0 fully saturated rings. The third-order valence-electron chi connectivity index (χ3n) is 3.25. The predicted molar refractivity (Wildman–Crippen MR) is 60.2 cm³/mol. The molecular formula is C13H16O3. The fraction of sp³-hybridized carbons (Fsp3) is 0.462. The van der Waals surface area contributed by atoms with Gasteiger partial charge in [0.15, 0.2) is 0 Å². The van der Waals surface area contributed by atoms with E-state index in [1.807, 2.05) is 19.9 Å². The van der Waals surface area contributed by atoms with Crippen molar-refractivity contribution in [2.75, 3.05) is 7.11 Å². The highest BCUT2D eigenvalue weighted by atomic mass is 16.5. The summed E-state index contributed by atoms with van der Waals surface area (Å²) < 4.78 is 4.66. The Morgan fingerprint density at radius 1 is 1.50 bits per heavy atom. The van der Waals surface area contributed by atoms with Crippen LogP contribution in [-0.4, -0.2) is 18.2 Å². The first-order chi connectivity index (χ1) is 7.45. The Hall–Kier alpha value is -1.35. The molecule has 1 aromatic rings. The number of aliphatic hydroxyl groups excluding tert-OH is 1. The van der Waals surface area contributed by atoms with Gasteiger partial charge in [-0.3, -0.25) is 0 Å². The van der Waals surface area contributed by atoms with Gasteiger partial charge in [0.05, 0.1) is 18.8 Å². The Kier molecular flexibility index (Phi) is 2.50. The Bertz CT molecular complexity index is 435. The molecule has 0 radical (unpaired) electrons. The van der Waals surface area contributed by atoms with Crippen LogP contribution in [0, 0.1) is 5.41 Å². The first kappa shape index (κ1) is 11.1. The van der Waals surface area contributed by atoms with Gasteiger partial charge in [-0.2, -0.15) is 0 Å². The lowest BCUT2D eigenvalue weighted by Crippen LogP contribution is -2.16. The van der Waals surface area contributed by atoms with E-state index in [1.165, 1.54) is 7.11 Å². The summed E-state index contributed by atoms with van der Waals surface area (Å²) in [4.78, 5) is 11.4. The Balaban J connectivity index is 2.43. The van der Waals surface area contributed by atoms with Crippen LogP contribution in [0.5, 0.6) is 0 Å². The lowest BCUT2D eigenvalue weighted by molar-refractivity contribution is 0.0596. The van der Waals surface area contributed by atoms with E-state index in [9.17, 15) is 9.90 Å². The second-order valence-corrected chi connectivity index (χ2v) is 4.97. The van der Waals surface area contributed by atoms with E-state index in [2.05, 4.69) is 4.74 Å². The minimum Gasteiger partial charge on any atom is -0.465 e. The molecule has 1 atom stereocenters. The maximum absolute atomic E-state index is 11.4. The maximum Gasteiger partial charge on any atom is 0.337 e. The normalized spacial score (nSPS) is 21.6. The van der Waals surface area contributed by atoms with E-state index in [0.29, 0.717) is 5.56 Å². The SMILES string of the molecule is COC(=O)c1ccc2c(c1)[C@@H](O)C(C)(C)C2. The van der Waals surface area contributed by atoms with Crippen LogP contribution >= 0.6 is 0 Å². The summed E-state index contributed by atoms with van der Waals surface area (Å²) >= 11 is 0. The molecule has 86 valence electrons. The molecule has 1 aliphatic carbocycles. The summed E-state index contributed by atoms with van der Waals surface area (Å²) in [6, 6.07) is 5.39. The van der Waals surface area contributed by atoms with Crippen LogP contribution in [0.15, 0.2) is 18.2 Å². The number of esters is 1. The van der Waals surface area contributed by atoms with Crippen molar-refractivity contribution in [1.29, 1.82) is 0 Å². The number of hydrogen-bond acceptors (Lipinski definition) is 3. The van der Waals surface area contributed by atoms with Crippen LogP contribution in [0.4, 0.5) is 0 Å². The van der Waals surface area contributed by atoms with Gasteiger partial charge < -0.3 is 9.84 Å². The summed E-state index contributed by atoms with van der Waals surface area (Å²) in [6.07, 6.45) is 0.331. The van der Waals surface area contributed by atoms with Crippen LogP contribution < -0.4 is 0 Å². The molecule has 0 heterocycles. The van der Waals surface area contributed by atoms with Gasteiger partial charge in [-0.05, 0) is 35.1 Å². The van der Waals surface area contributed by atoms with Gasteiger partial charge in [-0.15, -0.1) is 0 Å². The van der Waals surface area contributed by atoms with Gasteiger partial charge in [0.25, 0.3) is 0 Å². The van der Waals surface area contributed by atoms with Gasteiger partial charge in [-0.1, -0.05) is 19.9 Å². The quantitative estimate of drug-likeness (QED) is 0.737. The molecule has 3 nitrogen and oxygen atoms in total. The average Bonchev–Trinajstić information content (AvgIpc) is 2.48. The highest BCUT2D eigenvalue weighted by Gasteiger charge is 2.37. The number of ether oxygens (including phenoxy) is 1. The van der Waals surface area contributed by atoms with Gasteiger partial charge in [0.2, 0.25) is 0 Å². The standard InChI is InChI=1S/C13H16O3/c1-13(2)7-9-5-4-8(12(15)16-3)6-10(9)11(13)14/h4-6,11,14H,7H2,1-3H3/t11-/m1/s1. The number of benzene rings is 1. The molecule has 0 aromatic heterocycles. The first-order valence-corrected chi connectivity index (χ1v) is 5.35. The second-order valence-electron chi connectivity index (χ2n) is 4.97. The summed E-state index contributed by atoms with van der Waals surface area (Å²) in [5.74, 6) is -0.361. The zero-order valence-electron chi connectivity index (χ0n) is 9.78. The molecule has 0 saturated carbocycles. The monoisotopic (exact) mass is 220 g/mol. The van der Waals surface area contributed by atoms with E-state index in [0.717, 1.165) is 17.5 Å². The molecular weight excluding hydrogens is 204 g/mol. The molecule has 0 bridgehead atoms. The molecule has 16 heavy (non-hydrogen) atoms. The molecule has 1 N–H and O–H groups in total. The highest BCUT2D eigenvalue weighted by molar-refractivity contribution is 5.89. The lowest BCUT2D eigenvalue weighted by Gasteiger charge is -2.22. The number of carbonyl (C=O) groups is 1.